The lowest BCUT2D eigenvalue weighted by atomic mass is 10.1. The van der Waals surface area contributed by atoms with Gasteiger partial charge < -0.3 is 10.5 Å². The van der Waals surface area contributed by atoms with Gasteiger partial charge in [-0.15, -0.1) is 0 Å². The average Bonchev–Trinajstić information content (AvgIpc) is 2.97. The fourth-order valence-electron chi connectivity index (χ4n) is 1.89. The van der Waals surface area contributed by atoms with E-state index in [0.717, 1.165) is 12.1 Å². The van der Waals surface area contributed by atoms with Crippen LogP contribution in [0.3, 0.4) is 0 Å². The third-order valence-corrected chi connectivity index (χ3v) is 2.85. The van der Waals surface area contributed by atoms with E-state index < -0.39 is 0 Å². The molecule has 0 spiro atoms. The van der Waals surface area contributed by atoms with E-state index in [-0.39, 0.29) is 6.04 Å². The first-order chi connectivity index (χ1) is 6.72. The van der Waals surface area contributed by atoms with Gasteiger partial charge in [0.15, 0.2) is 0 Å². The summed E-state index contributed by atoms with van der Waals surface area (Å²) in [5.41, 5.74) is 6.95. The van der Waals surface area contributed by atoms with Crippen molar-refractivity contribution >= 4 is 0 Å². The molecule has 1 heterocycles. The Labute approximate surface area is 84.3 Å². The molecular weight excluding hydrogens is 176 g/mol. The Hall–Kier alpha value is -1.09. The molecule has 2 rings (SSSR count). The molecular formula is C11H16N2O. The summed E-state index contributed by atoms with van der Waals surface area (Å²) in [6.45, 7) is 2.06. The summed E-state index contributed by atoms with van der Waals surface area (Å²) in [6, 6.07) is 6.17. The molecule has 1 aromatic heterocycles. The maximum atomic E-state index is 5.84. The van der Waals surface area contributed by atoms with Gasteiger partial charge in [-0.1, -0.05) is 6.07 Å². The third kappa shape index (κ3) is 1.73. The molecule has 1 aliphatic rings. The first kappa shape index (κ1) is 9.46. The van der Waals surface area contributed by atoms with E-state index in [1.807, 2.05) is 12.1 Å². The molecule has 0 radical (unpaired) electrons. The van der Waals surface area contributed by atoms with Crippen molar-refractivity contribution in [3.05, 3.63) is 23.9 Å². The number of methoxy groups -OCH3 is 1. The highest BCUT2D eigenvalue weighted by Gasteiger charge is 2.41. The van der Waals surface area contributed by atoms with Crippen LogP contribution in [0.2, 0.25) is 0 Å². The Kier molecular flexibility index (Phi) is 2.42. The zero-order chi connectivity index (χ0) is 10.1. The number of pyridine rings is 1. The molecule has 0 aromatic carbocycles. The second kappa shape index (κ2) is 3.58. The van der Waals surface area contributed by atoms with Crippen LogP contribution in [0.15, 0.2) is 18.2 Å². The Morgan fingerprint density at radius 2 is 2.36 bits per heavy atom. The molecule has 3 nitrogen and oxygen atoms in total. The summed E-state index contributed by atoms with van der Waals surface area (Å²) in [7, 11) is 1.64. The van der Waals surface area contributed by atoms with E-state index in [9.17, 15) is 0 Å². The van der Waals surface area contributed by atoms with Crippen molar-refractivity contribution < 1.29 is 4.74 Å². The van der Waals surface area contributed by atoms with E-state index in [1.54, 1.807) is 7.11 Å². The average molecular weight is 192 g/mol. The van der Waals surface area contributed by atoms with E-state index in [0.29, 0.717) is 17.7 Å². The number of nitrogens with two attached hydrogens (primary N) is 1. The topological polar surface area (TPSA) is 48.1 Å². The van der Waals surface area contributed by atoms with Crippen molar-refractivity contribution in [1.29, 1.82) is 0 Å². The van der Waals surface area contributed by atoms with Gasteiger partial charge in [-0.05, 0) is 25.3 Å². The molecule has 1 fully saturated rings. The predicted octanol–water partition coefficient (Wildman–Crippen LogP) is 1.54. The third-order valence-electron chi connectivity index (χ3n) is 2.85. The summed E-state index contributed by atoms with van der Waals surface area (Å²) < 4.78 is 5.09. The lowest BCUT2D eigenvalue weighted by Gasteiger charge is -2.04. The Balaban J connectivity index is 2.11. The van der Waals surface area contributed by atoms with Crippen LogP contribution >= 0.6 is 0 Å². The minimum absolute atomic E-state index is 0.271. The largest absolute Gasteiger partial charge is 0.481 e. The van der Waals surface area contributed by atoms with Gasteiger partial charge in [-0.2, -0.15) is 0 Å². The molecule has 76 valence electrons. The Morgan fingerprint density at radius 3 is 2.93 bits per heavy atom. The lowest BCUT2D eigenvalue weighted by Crippen LogP contribution is -2.18. The second-order valence-electron chi connectivity index (χ2n) is 3.97. The Bertz CT molecular complexity index is 325. The number of rotatable bonds is 3. The predicted molar refractivity (Wildman–Crippen MR) is 55.3 cm³/mol. The van der Waals surface area contributed by atoms with Crippen molar-refractivity contribution in [3.63, 3.8) is 0 Å². The normalized spacial score (nSPS) is 27.1. The maximum Gasteiger partial charge on any atom is 0.213 e. The van der Waals surface area contributed by atoms with Crippen molar-refractivity contribution in [2.24, 2.45) is 11.7 Å². The zero-order valence-corrected chi connectivity index (χ0v) is 8.60. The van der Waals surface area contributed by atoms with Gasteiger partial charge >= 0.3 is 0 Å². The van der Waals surface area contributed by atoms with Crippen molar-refractivity contribution in [3.8, 4) is 5.88 Å². The van der Waals surface area contributed by atoms with Crippen molar-refractivity contribution in [2.45, 2.75) is 25.3 Å². The fraction of sp³-hybridized carbons (Fsp3) is 0.545. The highest BCUT2D eigenvalue weighted by atomic mass is 16.5. The van der Waals surface area contributed by atoms with Crippen LogP contribution in [-0.2, 0) is 0 Å². The summed E-state index contributed by atoms with van der Waals surface area (Å²) in [5, 5.41) is 0. The van der Waals surface area contributed by atoms with Gasteiger partial charge in [0.25, 0.3) is 0 Å². The van der Waals surface area contributed by atoms with Crippen molar-refractivity contribution in [2.75, 3.05) is 7.11 Å². The lowest BCUT2D eigenvalue weighted by molar-refractivity contribution is 0.396. The number of aromatic nitrogens is 1. The van der Waals surface area contributed by atoms with Crippen LogP contribution in [0.1, 0.15) is 25.0 Å². The second-order valence-corrected chi connectivity index (χ2v) is 3.97. The zero-order valence-electron chi connectivity index (χ0n) is 8.60. The van der Waals surface area contributed by atoms with E-state index >= 15 is 0 Å². The molecule has 3 unspecified atom stereocenters. The molecule has 1 aromatic rings. The van der Waals surface area contributed by atoms with Crippen molar-refractivity contribution in [1.82, 2.24) is 4.98 Å². The smallest absolute Gasteiger partial charge is 0.213 e. The number of hydrogen-bond donors (Lipinski definition) is 1. The monoisotopic (exact) mass is 192 g/mol. The molecule has 3 atom stereocenters. The van der Waals surface area contributed by atoms with Crippen LogP contribution in [0, 0.1) is 5.92 Å². The minimum Gasteiger partial charge on any atom is -0.481 e. The Morgan fingerprint density at radius 1 is 1.57 bits per heavy atom. The van der Waals surface area contributed by atoms with Crippen LogP contribution in [0.25, 0.3) is 0 Å². The number of nitrogens with zero attached hydrogens (tertiary/aromatic N) is 1. The molecule has 0 saturated heterocycles. The van der Waals surface area contributed by atoms with Gasteiger partial charge in [0.05, 0.1) is 7.11 Å². The SMILES string of the molecule is COc1cccc(C2CC2C(C)N)n1. The van der Waals surface area contributed by atoms with Gasteiger partial charge in [-0.25, -0.2) is 4.98 Å². The van der Waals surface area contributed by atoms with E-state index in [4.69, 9.17) is 10.5 Å². The van der Waals surface area contributed by atoms with Gasteiger partial charge in [0, 0.05) is 23.7 Å². The molecule has 2 N–H and O–H groups in total. The van der Waals surface area contributed by atoms with E-state index in [1.165, 1.54) is 0 Å². The highest BCUT2D eigenvalue weighted by molar-refractivity contribution is 5.24. The minimum atomic E-state index is 0.271. The fourth-order valence-corrected chi connectivity index (χ4v) is 1.89. The highest BCUT2D eigenvalue weighted by Crippen LogP contribution is 2.48. The summed E-state index contributed by atoms with van der Waals surface area (Å²) in [4.78, 5) is 4.41. The summed E-state index contributed by atoms with van der Waals surface area (Å²) in [5.74, 6) is 1.84. The van der Waals surface area contributed by atoms with Gasteiger partial charge in [0.1, 0.15) is 0 Å². The number of ether oxygens (including phenoxy) is 1. The van der Waals surface area contributed by atoms with Gasteiger partial charge in [-0.3, -0.25) is 0 Å². The first-order valence-electron chi connectivity index (χ1n) is 4.99. The molecule has 0 aliphatic heterocycles. The van der Waals surface area contributed by atoms with Crippen LogP contribution < -0.4 is 10.5 Å². The quantitative estimate of drug-likeness (QED) is 0.790. The van der Waals surface area contributed by atoms with Gasteiger partial charge in [0.2, 0.25) is 5.88 Å². The standard InChI is InChI=1S/C11H16N2O/c1-7(12)8-6-9(8)10-4-3-5-11(13-10)14-2/h3-5,7-9H,6,12H2,1-2H3. The molecule has 1 aliphatic carbocycles. The first-order valence-corrected chi connectivity index (χ1v) is 4.99. The molecule has 3 heteroatoms. The molecule has 0 amide bonds. The molecule has 14 heavy (non-hydrogen) atoms. The number of hydrogen-bond acceptors (Lipinski definition) is 3. The maximum absolute atomic E-state index is 5.84. The van der Waals surface area contributed by atoms with Crippen LogP contribution in [0.4, 0.5) is 0 Å². The molecule has 1 saturated carbocycles. The molecule has 0 bridgehead atoms. The summed E-state index contributed by atoms with van der Waals surface area (Å²) in [6.07, 6.45) is 1.16. The van der Waals surface area contributed by atoms with Crippen LogP contribution in [0.5, 0.6) is 5.88 Å². The van der Waals surface area contributed by atoms with E-state index in [2.05, 4.69) is 18.0 Å². The van der Waals surface area contributed by atoms with Crippen LogP contribution in [-0.4, -0.2) is 18.1 Å². The summed E-state index contributed by atoms with van der Waals surface area (Å²) >= 11 is 0.